The Kier molecular flexibility index (Phi) is 12.0. The van der Waals surface area contributed by atoms with Crippen LogP contribution in [0.4, 0.5) is 0 Å². The SMILES string of the molecule is C\C=C(Br)/C=C(NCC)\C(=C\CCC)N(CC(C)(C)COC(C)=O)C(C)=O. The van der Waals surface area contributed by atoms with Crippen molar-refractivity contribution >= 4 is 27.8 Å². The lowest BCUT2D eigenvalue weighted by Crippen LogP contribution is -2.41. The van der Waals surface area contributed by atoms with Crippen molar-refractivity contribution < 1.29 is 14.3 Å². The summed E-state index contributed by atoms with van der Waals surface area (Å²) in [6, 6.07) is 0. The summed E-state index contributed by atoms with van der Waals surface area (Å²) in [6.07, 6.45) is 7.88. The molecule has 0 unspecified atom stereocenters. The molecule has 0 saturated heterocycles. The molecular formula is C21H35BrN2O3. The zero-order chi connectivity index (χ0) is 21.0. The number of allylic oxidation sites excluding steroid dienone is 4. The van der Waals surface area contributed by atoms with E-state index in [0.29, 0.717) is 6.54 Å². The average Bonchev–Trinajstić information content (AvgIpc) is 2.59. The summed E-state index contributed by atoms with van der Waals surface area (Å²) in [5.41, 5.74) is 1.35. The maximum atomic E-state index is 12.5. The number of carbonyl (C=O) groups excluding carboxylic acids is 2. The van der Waals surface area contributed by atoms with Gasteiger partial charge in [-0.05, 0) is 26.3 Å². The highest BCUT2D eigenvalue weighted by atomic mass is 79.9. The highest BCUT2D eigenvalue weighted by Crippen LogP contribution is 2.25. The van der Waals surface area contributed by atoms with E-state index in [4.69, 9.17) is 4.74 Å². The van der Waals surface area contributed by atoms with Gasteiger partial charge in [0.2, 0.25) is 5.91 Å². The average molecular weight is 443 g/mol. The molecule has 0 spiro atoms. The smallest absolute Gasteiger partial charge is 0.302 e. The topological polar surface area (TPSA) is 58.6 Å². The van der Waals surface area contributed by atoms with Gasteiger partial charge in [-0.25, -0.2) is 0 Å². The second kappa shape index (κ2) is 12.8. The van der Waals surface area contributed by atoms with Crippen LogP contribution in [0.2, 0.25) is 0 Å². The van der Waals surface area contributed by atoms with Crippen molar-refractivity contribution in [2.24, 2.45) is 5.41 Å². The minimum Gasteiger partial charge on any atom is -0.465 e. The number of carbonyl (C=O) groups is 2. The van der Waals surface area contributed by atoms with Gasteiger partial charge in [0.05, 0.1) is 18.0 Å². The van der Waals surface area contributed by atoms with Crippen LogP contribution in [0.5, 0.6) is 0 Å². The van der Waals surface area contributed by atoms with E-state index in [2.05, 4.69) is 34.2 Å². The minimum absolute atomic E-state index is 0.0475. The molecule has 0 aromatic heterocycles. The zero-order valence-corrected chi connectivity index (χ0v) is 19.4. The number of nitrogens with zero attached hydrogens (tertiary/aromatic N) is 1. The summed E-state index contributed by atoms with van der Waals surface area (Å²) in [7, 11) is 0. The fourth-order valence-electron chi connectivity index (χ4n) is 2.41. The lowest BCUT2D eigenvalue weighted by Gasteiger charge is -2.34. The molecule has 154 valence electrons. The summed E-state index contributed by atoms with van der Waals surface area (Å²) >= 11 is 3.53. The third-order valence-electron chi connectivity index (χ3n) is 3.75. The molecule has 0 fully saturated rings. The van der Waals surface area contributed by atoms with Gasteiger partial charge in [-0.1, -0.05) is 55.3 Å². The Balaban J connectivity index is 5.96. The Morgan fingerprint density at radius 3 is 2.30 bits per heavy atom. The predicted octanol–water partition coefficient (Wildman–Crippen LogP) is 4.90. The number of halogens is 1. The van der Waals surface area contributed by atoms with Crippen LogP contribution in [-0.4, -0.2) is 36.5 Å². The van der Waals surface area contributed by atoms with Crippen molar-refractivity contribution in [1.29, 1.82) is 0 Å². The molecule has 6 heteroatoms. The van der Waals surface area contributed by atoms with Crippen LogP contribution in [0.25, 0.3) is 0 Å². The van der Waals surface area contributed by atoms with Crippen molar-refractivity contribution in [3.05, 3.63) is 34.1 Å². The number of nitrogens with one attached hydrogen (secondary N) is 1. The van der Waals surface area contributed by atoms with E-state index in [0.717, 1.165) is 35.3 Å². The Morgan fingerprint density at radius 2 is 1.85 bits per heavy atom. The number of amides is 1. The monoisotopic (exact) mass is 442 g/mol. The Morgan fingerprint density at radius 1 is 1.22 bits per heavy atom. The molecule has 0 heterocycles. The zero-order valence-electron chi connectivity index (χ0n) is 17.8. The van der Waals surface area contributed by atoms with Crippen molar-refractivity contribution in [3.8, 4) is 0 Å². The molecule has 27 heavy (non-hydrogen) atoms. The standard InChI is InChI=1S/C21H35BrN2O3/c1-8-11-12-20(19(23-10-3)13-18(22)9-2)24(16(4)25)14-21(6,7)15-27-17(5)26/h9,12-13,23H,8,10-11,14-15H2,1-7H3/b18-9+,19-13+,20-12-. The van der Waals surface area contributed by atoms with E-state index in [9.17, 15) is 9.59 Å². The van der Waals surface area contributed by atoms with Gasteiger partial charge >= 0.3 is 5.97 Å². The van der Waals surface area contributed by atoms with E-state index < -0.39 is 0 Å². The van der Waals surface area contributed by atoms with Gasteiger partial charge < -0.3 is 15.0 Å². The summed E-state index contributed by atoms with van der Waals surface area (Å²) in [4.78, 5) is 25.5. The summed E-state index contributed by atoms with van der Waals surface area (Å²) < 4.78 is 6.13. The summed E-state index contributed by atoms with van der Waals surface area (Å²) in [5.74, 6) is -0.363. The first-order valence-electron chi connectivity index (χ1n) is 9.47. The first kappa shape index (κ1) is 25.4. The largest absolute Gasteiger partial charge is 0.465 e. The van der Waals surface area contributed by atoms with Crippen molar-refractivity contribution in [1.82, 2.24) is 10.2 Å². The molecule has 0 radical (unpaired) electrons. The maximum Gasteiger partial charge on any atom is 0.302 e. The highest BCUT2D eigenvalue weighted by molar-refractivity contribution is 9.11. The van der Waals surface area contributed by atoms with E-state index in [1.165, 1.54) is 6.92 Å². The van der Waals surface area contributed by atoms with Gasteiger partial charge in [-0.2, -0.15) is 0 Å². The van der Waals surface area contributed by atoms with Crippen LogP contribution in [-0.2, 0) is 14.3 Å². The number of ether oxygens (including phenoxy) is 1. The fraction of sp³-hybridized carbons (Fsp3) is 0.619. The minimum atomic E-state index is -0.377. The molecule has 0 atom stereocenters. The van der Waals surface area contributed by atoms with Crippen LogP contribution in [0.3, 0.4) is 0 Å². The van der Waals surface area contributed by atoms with Gasteiger partial charge in [0, 0.05) is 36.8 Å². The molecule has 0 aliphatic carbocycles. The molecule has 0 aromatic rings. The first-order chi connectivity index (χ1) is 12.6. The molecule has 0 aliphatic heterocycles. The molecular weight excluding hydrogens is 408 g/mol. The van der Waals surface area contributed by atoms with E-state index in [-0.39, 0.29) is 23.9 Å². The predicted molar refractivity (Wildman–Crippen MR) is 115 cm³/mol. The molecule has 1 amide bonds. The molecule has 0 rings (SSSR count). The van der Waals surface area contributed by atoms with Gasteiger partial charge in [-0.3, -0.25) is 9.59 Å². The van der Waals surface area contributed by atoms with Crippen LogP contribution in [0.15, 0.2) is 34.1 Å². The van der Waals surface area contributed by atoms with Gasteiger partial charge in [0.15, 0.2) is 0 Å². The van der Waals surface area contributed by atoms with E-state index in [1.54, 1.807) is 11.8 Å². The number of hydrogen-bond donors (Lipinski definition) is 1. The lowest BCUT2D eigenvalue weighted by molar-refractivity contribution is -0.144. The maximum absolute atomic E-state index is 12.5. The normalized spacial score (nSPS) is 13.4. The number of rotatable bonds is 11. The Labute approximate surface area is 173 Å². The summed E-state index contributed by atoms with van der Waals surface area (Å²) in [6.45, 7) is 14.5. The number of esters is 1. The fourth-order valence-corrected chi connectivity index (χ4v) is 2.64. The van der Waals surface area contributed by atoms with Crippen molar-refractivity contribution in [2.75, 3.05) is 19.7 Å². The Bertz CT molecular complexity index is 592. The van der Waals surface area contributed by atoms with Crippen LogP contribution < -0.4 is 5.32 Å². The molecule has 0 bridgehead atoms. The van der Waals surface area contributed by atoms with Crippen molar-refractivity contribution in [3.63, 3.8) is 0 Å². The van der Waals surface area contributed by atoms with Crippen molar-refractivity contribution in [2.45, 2.75) is 61.3 Å². The second-order valence-electron chi connectivity index (χ2n) is 7.19. The number of unbranched alkanes of at least 4 members (excludes halogenated alkanes) is 1. The third-order valence-corrected chi connectivity index (χ3v) is 4.44. The van der Waals surface area contributed by atoms with E-state index >= 15 is 0 Å². The quantitative estimate of drug-likeness (QED) is 0.365. The molecule has 0 aliphatic rings. The summed E-state index contributed by atoms with van der Waals surface area (Å²) in [5, 5.41) is 3.37. The molecule has 0 saturated carbocycles. The number of likely N-dealkylation sites (N-methyl/N-ethyl adjacent to an activating group) is 1. The first-order valence-corrected chi connectivity index (χ1v) is 10.3. The highest BCUT2D eigenvalue weighted by Gasteiger charge is 2.28. The van der Waals surface area contributed by atoms with Gasteiger partial charge in [0.1, 0.15) is 0 Å². The molecule has 0 aromatic carbocycles. The van der Waals surface area contributed by atoms with Crippen LogP contribution in [0.1, 0.15) is 61.3 Å². The van der Waals surface area contributed by atoms with Crippen LogP contribution >= 0.6 is 15.9 Å². The van der Waals surface area contributed by atoms with Gasteiger partial charge in [-0.15, -0.1) is 0 Å². The second-order valence-corrected chi connectivity index (χ2v) is 8.11. The third kappa shape index (κ3) is 10.4. The number of hydrogen-bond acceptors (Lipinski definition) is 4. The van der Waals surface area contributed by atoms with Gasteiger partial charge in [0.25, 0.3) is 0 Å². The lowest BCUT2D eigenvalue weighted by atomic mass is 9.93. The molecule has 1 N–H and O–H groups in total. The van der Waals surface area contributed by atoms with E-state index in [1.807, 2.05) is 39.8 Å². The Hall–Kier alpha value is -1.56. The molecule has 5 nitrogen and oxygen atoms in total. The van der Waals surface area contributed by atoms with Crippen LogP contribution in [0, 0.1) is 5.41 Å².